The van der Waals surface area contributed by atoms with Crippen molar-refractivity contribution in [2.75, 3.05) is 13.7 Å². The molecule has 0 radical (unpaired) electrons. The quantitative estimate of drug-likeness (QED) is 0.836. The fourth-order valence-electron chi connectivity index (χ4n) is 1.61. The molecule has 5 nitrogen and oxygen atoms in total. The van der Waals surface area contributed by atoms with E-state index >= 15 is 0 Å². The van der Waals surface area contributed by atoms with Gasteiger partial charge in [-0.05, 0) is 30.7 Å². The predicted octanol–water partition coefficient (Wildman–Crippen LogP) is 1.87. The van der Waals surface area contributed by atoms with Gasteiger partial charge in [-0.3, -0.25) is 4.79 Å². The molecule has 1 aromatic carbocycles. The van der Waals surface area contributed by atoms with Crippen molar-refractivity contribution in [1.29, 1.82) is 0 Å². The minimum atomic E-state index is -1.09. The molecule has 6 heteroatoms. The van der Waals surface area contributed by atoms with Crippen LogP contribution in [0.2, 0.25) is 5.02 Å². The summed E-state index contributed by atoms with van der Waals surface area (Å²) in [7, 11) is 1.48. The Bertz CT molecular complexity index is 476. The molecule has 1 aromatic rings. The van der Waals surface area contributed by atoms with E-state index in [1.165, 1.54) is 7.11 Å². The van der Waals surface area contributed by atoms with Crippen LogP contribution in [0.3, 0.4) is 0 Å². The van der Waals surface area contributed by atoms with Crippen LogP contribution >= 0.6 is 11.6 Å². The summed E-state index contributed by atoms with van der Waals surface area (Å²) in [5, 5.41) is 12.0. The summed E-state index contributed by atoms with van der Waals surface area (Å²) in [5.74, 6) is -1.52. The minimum absolute atomic E-state index is 0.213. The van der Waals surface area contributed by atoms with Gasteiger partial charge in [0, 0.05) is 30.7 Å². The van der Waals surface area contributed by atoms with Crippen LogP contribution in [-0.2, 0) is 9.53 Å². The number of carboxylic acid groups (broad SMARTS) is 1. The smallest absolute Gasteiger partial charge is 0.326 e. The molecule has 0 fully saturated rings. The van der Waals surface area contributed by atoms with Gasteiger partial charge in [-0.1, -0.05) is 11.6 Å². The molecule has 1 rings (SSSR count). The van der Waals surface area contributed by atoms with Crippen molar-refractivity contribution in [1.82, 2.24) is 5.32 Å². The second-order valence-corrected chi connectivity index (χ2v) is 4.54. The van der Waals surface area contributed by atoms with Gasteiger partial charge in [-0.2, -0.15) is 0 Å². The van der Waals surface area contributed by atoms with Crippen molar-refractivity contribution >= 4 is 23.5 Å². The maximum absolute atomic E-state index is 12.0. The third kappa shape index (κ3) is 4.54. The topological polar surface area (TPSA) is 75.6 Å². The molecular formula is C13H16ClNO4. The van der Waals surface area contributed by atoms with Gasteiger partial charge in [-0.25, -0.2) is 4.79 Å². The van der Waals surface area contributed by atoms with Gasteiger partial charge >= 0.3 is 5.97 Å². The monoisotopic (exact) mass is 285 g/mol. The zero-order valence-corrected chi connectivity index (χ0v) is 11.5. The number of aliphatic carboxylic acids is 1. The maximum Gasteiger partial charge on any atom is 0.326 e. The average Bonchev–Trinajstić information content (AvgIpc) is 2.33. The largest absolute Gasteiger partial charge is 0.480 e. The first-order valence-electron chi connectivity index (χ1n) is 5.74. The highest BCUT2D eigenvalue weighted by molar-refractivity contribution is 6.30. The number of carbonyl (C=O) groups is 2. The number of benzene rings is 1. The Kier molecular flexibility index (Phi) is 5.79. The first kappa shape index (κ1) is 15.5. The molecule has 0 spiro atoms. The lowest BCUT2D eigenvalue weighted by atomic mass is 10.1. The number of halogens is 1. The van der Waals surface area contributed by atoms with Crippen molar-refractivity contribution < 1.29 is 19.4 Å². The summed E-state index contributed by atoms with van der Waals surface area (Å²) in [6.45, 7) is 2.00. The number of nitrogens with one attached hydrogen (secondary N) is 1. The molecule has 1 atom stereocenters. The van der Waals surface area contributed by atoms with Gasteiger partial charge in [0.1, 0.15) is 6.04 Å². The van der Waals surface area contributed by atoms with Crippen molar-refractivity contribution in [2.45, 2.75) is 19.4 Å². The summed E-state index contributed by atoms with van der Waals surface area (Å²) < 4.78 is 4.82. The van der Waals surface area contributed by atoms with E-state index in [2.05, 4.69) is 5.32 Å². The number of ether oxygens (including phenoxy) is 1. The van der Waals surface area contributed by atoms with E-state index < -0.39 is 17.9 Å². The SMILES string of the molecule is COCCC(NC(=O)c1ccc(Cl)cc1C)C(=O)O. The highest BCUT2D eigenvalue weighted by Crippen LogP contribution is 2.15. The Morgan fingerprint density at radius 3 is 2.68 bits per heavy atom. The van der Waals surface area contributed by atoms with Crippen LogP contribution in [-0.4, -0.2) is 36.7 Å². The third-order valence-electron chi connectivity index (χ3n) is 2.65. The second kappa shape index (κ2) is 7.11. The number of aryl methyl sites for hydroxylation is 1. The van der Waals surface area contributed by atoms with Crippen LogP contribution in [0.1, 0.15) is 22.3 Å². The van der Waals surface area contributed by atoms with E-state index in [1.807, 2.05) is 0 Å². The number of methoxy groups -OCH3 is 1. The molecule has 0 aliphatic rings. The minimum Gasteiger partial charge on any atom is -0.480 e. The number of rotatable bonds is 6. The molecule has 0 aliphatic heterocycles. The fourth-order valence-corrected chi connectivity index (χ4v) is 1.84. The van der Waals surface area contributed by atoms with Crippen LogP contribution in [0, 0.1) is 6.92 Å². The van der Waals surface area contributed by atoms with E-state index in [4.69, 9.17) is 21.4 Å². The number of carboxylic acids is 1. The molecule has 104 valence electrons. The van der Waals surface area contributed by atoms with Crippen molar-refractivity contribution in [2.24, 2.45) is 0 Å². The van der Waals surface area contributed by atoms with Gasteiger partial charge in [0.2, 0.25) is 0 Å². The number of carbonyl (C=O) groups excluding carboxylic acids is 1. The van der Waals surface area contributed by atoms with E-state index in [0.717, 1.165) is 0 Å². The van der Waals surface area contributed by atoms with E-state index in [9.17, 15) is 9.59 Å². The van der Waals surface area contributed by atoms with E-state index in [0.29, 0.717) is 16.1 Å². The zero-order valence-electron chi connectivity index (χ0n) is 10.8. The Morgan fingerprint density at radius 1 is 1.47 bits per heavy atom. The van der Waals surface area contributed by atoms with E-state index in [-0.39, 0.29) is 13.0 Å². The van der Waals surface area contributed by atoms with Gasteiger partial charge in [-0.15, -0.1) is 0 Å². The van der Waals surface area contributed by atoms with Crippen LogP contribution < -0.4 is 5.32 Å². The van der Waals surface area contributed by atoms with Gasteiger partial charge in [0.05, 0.1) is 0 Å². The molecule has 0 heterocycles. The lowest BCUT2D eigenvalue weighted by Gasteiger charge is -2.15. The Labute approximate surface area is 116 Å². The standard InChI is InChI=1S/C13H16ClNO4/c1-8-7-9(14)3-4-10(8)12(16)15-11(13(17)18)5-6-19-2/h3-4,7,11H,5-6H2,1-2H3,(H,15,16)(H,17,18). The average molecular weight is 286 g/mol. The number of amides is 1. The zero-order chi connectivity index (χ0) is 14.4. The fraction of sp³-hybridized carbons (Fsp3) is 0.385. The molecular weight excluding hydrogens is 270 g/mol. The molecule has 1 unspecified atom stereocenters. The molecule has 0 aliphatic carbocycles. The Morgan fingerprint density at radius 2 is 2.16 bits per heavy atom. The molecule has 19 heavy (non-hydrogen) atoms. The molecule has 0 saturated carbocycles. The van der Waals surface area contributed by atoms with Crippen molar-refractivity contribution in [3.63, 3.8) is 0 Å². The Hall–Kier alpha value is -1.59. The second-order valence-electron chi connectivity index (χ2n) is 4.11. The third-order valence-corrected chi connectivity index (χ3v) is 2.88. The van der Waals surface area contributed by atoms with Crippen LogP contribution in [0.4, 0.5) is 0 Å². The van der Waals surface area contributed by atoms with E-state index in [1.54, 1.807) is 25.1 Å². The van der Waals surface area contributed by atoms with Crippen LogP contribution in [0.5, 0.6) is 0 Å². The summed E-state index contributed by atoms with van der Waals surface area (Å²) in [5.41, 5.74) is 1.11. The summed E-state index contributed by atoms with van der Waals surface area (Å²) in [6, 6.07) is 3.85. The van der Waals surface area contributed by atoms with Crippen molar-refractivity contribution in [3.05, 3.63) is 34.3 Å². The first-order valence-corrected chi connectivity index (χ1v) is 6.12. The summed E-state index contributed by atoms with van der Waals surface area (Å²) in [4.78, 5) is 23.0. The summed E-state index contributed by atoms with van der Waals surface area (Å²) in [6.07, 6.45) is 0.213. The van der Waals surface area contributed by atoms with Crippen molar-refractivity contribution in [3.8, 4) is 0 Å². The molecule has 0 saturated heterocycles. The summed E-state index contributed by atoms with van der Waals surface area (Å²) >= 11 is 5.80. The number of hydrogen-bond donors (Lipinski definition) is 2. The highest BCUT2D eigenvalue weighted by Gasteiger charge is 2.21. The Balaban J connectivity index is 2.78. The van der Waals surface area contributed by atoms with Crippen LogP contribution in [0.15, 0.2) is 18.2 Å². The molecule has 2 N–H and O–H groups in total. The van der Waals surface area contributed by atoms with Gasteiger partial charge in [0.25, 0.3) is 5.91 Å². The lowest BCUT2D eigenvalue weighted by Crippen LogP contribution is -2.41. The lowest BCUT2D eigenvalue weighted by molar-refractivity contribution is -0.139. The maximum atomic E-state index is 12.0. The van der Waals surface area contributed by atoms with Crippen LogP contribution in [0.25, 0.3) is 0 Å². The molecule has 0 aromatic heterocycles. The first-order chi connectivity index (χ1) is 8.95. The van der Waals surface area contributed by atoms with Gasteiger partial charge < -0.3 is 15.2 Å². The predicted molar refractivity (Wildman–Crippen MR) is 71.6 cm³/mol. The molecule has 1 amide bonds. The normalized spacial score (nSPS) is 11.9. The highest BCUT2D eigenvalue weighted by atomic mass is 35.5. The van der Waals surface area contributed by atoms with Gasteiger partial charge in [0.15, 0.2) is 0 Å². The molecule has 0 bridgehead atoms. The number of hydrogen-bond acceptors (Lipinski definition) is 3.